The first kappa shape index (κ1) is 27.1. The largest absolute Gasteiger partial charge is 0.493 e. The van der Waals surface area contributed by atoms with Crippen LogP contribution in [0.25, 0.3) is 0 Å². The lowest BCUT2D eigenvalue weighted by atomic mass is 9.98. The molecule has 1 unspecified atom stereocenters. The van der Waals surface area contributed by atoms with Gasteiger partial charge in [-0.25, -0.2) is 4.79 Å². The zero-order chi connectivity index (χ0) is 22.1. The Morgan fingerprint density at radius 1 is 1.23 bits per heavy atom. The van der Waals surface area contributed by atoms with Crippen LogP contribution in [0.2, 0.25) is 0 Å². The van der Waals surface area contributed by atoms with Gasteiger partial charge in [-0.2, -0.15) is 0 Å². The van der Waals surface area contributed by atoms with Crippen LogP contribution in [-0.2, 0) is 4.74 Å². The van der Waals surface area contributed by atoms with Crippen molar-refractivity contribution in [3.63, 3.8) is 0 Å². The zero-order valence-electron chi connectivity index (χ0n) is 19.5. The van der Waals surface area contributed by atoms with E-state index in [9.17, 15) is 4.79 Å². The molecule has 0 spiro atoms. The number of aliphatic imine (C=N–C) groups is 1. The van der Waals surface area contributed by atoms with Gasteiger partial charge in [0.2, 0.25) is 0 Å². The minimum absolute atomic E-state index is 0. The molecule has 31 heavy (non-hydrogen) atoms. The summed E-state index contributed by atoms with van der Waals surface area (Å²) in [6, 6.07) is 5.64. The summed E-state index contributed by atoms with van der Waals surface area (Å²) in [7, 11) is 3.22. The Balaban J connectivity index is 0.00000480. The molecule has 1 fully saturated rings. The highest BCUT2D eigenvalue weighted by Crippen LogP contribution is 2.29. The van der Waals surface area contributed by atoms with Gasteiger partial charge in [-0.05, 0) is 58.6 Å². The van der Waals surface area contributed by atoms with Crippen LogP contribution in [0.3, 0.4) is 0 Å². The molecule has 0 saturated carbocycles. The van der Waals surface area contributed by atoms with E-state index in [4.69, 9.17) is 19.2 Å². The van der Waals surface area contributed by atoms with E-state index < -0.39 is 5.60 Å². The van der Waals surface area contributed by atoms with Crippen molar-refractivity contribution in [3.05, 3.63) is 18.2 Å². The van der Waals surface area contributed by atoms with Gasteiger partial charge in [0.1, 0.15) is 5.60 Å². The highest BCUT2D eigenvalue weighted by molar-refractivity contribution is 14.0. The van der Waals surface area contributed by atoms with Gasteiger partial charge in [-0.15, -0.1) is 24.0 Å². The SMILES string of the molecule is CCNC(=NCC1CCCN(C(=O)OC(C)(C)C)C1)Nc1ccc(OC)c(OC)c1.I. The summed E-state index contributed by atoms with van der Waals surface area (Å²) < 4.78 is 16.2. The van der Waals surface area contributed by atoms with E-state index in [-0.39, 0.29) is 30.1 Å². The molecule has 1 aromatic carbocycles. The van der Waals surface area contributed by atoms with Crippen molar-refractivity contribution in [2.24, 2.45) is 10.9 Å². The number of piperidine rings is 1. The van der Waals surface area contributed by atoms with Gasteiger partial charge in [0.15, 0.2) is 17.5 Å². The van der Waals surface area contributed by atoms with Crippen LogP contribution in [0.1, 0.15) is 40.5 Å². The lowest BCUT2D eigenvalue weighted by molar-refractivity contribution is 0.0171. The first-order valence-electron chi connectivity index (χ1n) is 10.5. The third-order valence-corrected chi connectivity index (χ3v) is 4.67. The number of guanidine groups is 1. The van der Waals surface area contributed by atoms with E-state index in [1.165, 1.54) is 0 Å². The normalized spacial score (nSPS) is 16.8. The van der Waals surface area contributed by atoms with Crippen LogP contribution in [-0.4, -0.2) is 63.0 Å². The third kappa shape index (κ3) is 9.00. The van der Waals surface area contributed by atoms with Gasteiger partial charge in [0, 0.05) is 37.9 Å². The van der Waals surface area contributed by atoms with E-state index >= 15 is 0 Å². The number of halogens is 1. The standard InChI is InChI=1S/C22H36N4O4.HI/c1-7-23-20(25-17-10-11-18(28-5)19(13-17)29-6)24-14-16-9-8-12-26(15-16)21(27)30-22(2,3)4;/h10-11,13,16H,7-9,12,14-15H2,1-6H3,(H2,23,24,25);1H. The summed E-state index contributed by atoms with van der Waals surface area (Å²) >= 11 is 0. The molecule has 9 heteroatoms. The summed E-state index contributed by atoms with van der Waals surface area (Å²) in [5, 5.41) is 6.57. The number of amides is 1. The predicted molar refractivity (Wildman–Crippen MR) is 135 cm³/mol. The molecule has 0 aliphatic carbocycles. The quantitative estimate of drug-likeness (QED) is 0.313. The monoisotopic (exact) mass is 548 g/mol. The Hall–Kier alpha value is -1.91. The number of anilines is 1. The van der Waals surface area contributed by atoms with Crippen molar-refractivity contribution in [1.82, 2.24) is 10.2 Å². The number of ether oxygens (including phenoxy) is 3. The molecule has 1 atom stereocenters. The summed E-state index contributed by atoms with van der Waals surface area (Å²) in [5.74, 6) is 2.32. The average Bonchev–Trinajstić information content (AvgIpc) is 2.71. The Morgan fingerprint density at radius 3 is 2.55 bits per heavy atom. The van der Waals surface area contributed by atoms with E-state index in [0.29, 0.717) is 36.5 Å². The van der Waals surface area contributed by atoms with Crippen LogP contribution < -0.4 is 20.1 Å². The van der Waals surface area contributed by atoms with Crippen molar-refractivity contribution in [2.75, 3.05) is 45.7 Å². The molecule has 0 bridgehead atoms. The number of hydrogen-bond donors (Lipinski definition) is 2. The first-order chi connectivity index (χ1) is 14.3. The number of nitrogens with zero attached hydrogens (tertiary/aromatic N) is 2. The van der Waals surface area contributed by atoms with Crippen molar-refractivity contribution in [1.29, 1.82) is 0 Å². The molecule has 0 radical (unpaired) electrons. The van der Waals surface area contributed by atoms with E-state index in [1.54, 1.807) is 19.1 Å². The van der Waals surface area contributed by atoms with Crippen LogP contribution in [0.4, 0.5) is 10.5 Å². The molecular formula is C22H37IN4O4. The number of likely N-dealkylation sites (tertiary alicyclic amines) is 1. The fourth-order valence-corrected chi connectivity index (χ4v) is 3.28. The molecule has 176 valence electrons. The van der Waals surface area contributed by atoms with Gasteiger partial charge in [-0.1, -0.05) is 0 Å². The predicted octanol–water partition coefficient (Wildman–Crippen LogP) is 4.35. The van der Waals surface area contributed by atoms with Gasteiger partial charge < -0.3 is 29.7 Å². The summed E-state index contributed by atoms with van der Waals surface area (Å²) in [6.45, 7) is 10.5. The van der Waals surface area contributed by atoms with Gasteiger partial charge in [0.25, 0.3) is 0 Å². The van der Waals surface area contributed by atoms with Crippen LogP contribution in [0, 0.1) is 5.92 Å². The second kappa shape index (κ2) is 12.8. The Bertz CT molecular complexity index is 737. The molecule has 1 aromatic rings. The molecule has 1 aliphatic rings. The lowest BCUT2D eigenvalue weighted by Crippen LogP contribution is -2.43. The number of carbonyl (C=O) groups excluding carboxylic acids is 1. The van der Waals surface area contributed by atoms with E-state index in [0.717, 1.165) is 31.6 Å². The van der Waals surface area contributed by atoms with E-state index in [2.05, 4.69) is 10.6 Å². The van der Waals surface area contributed by atoms with Crippen LogP contribution in [0.15, 0.2) is 23.2 Å². The Kier molecular flexibility index (Phi) is 11.2. The fraction of sp³-hybridized carbons (Fsp3) is 0.636. The van der Waals surface area contributed by atoms with Crippen molar-refractivity contribution in [2.45, 2.75) is 46.1 Å². The van der Waals surface area contributed by atoms with Crippen LogP contribution in [0.5, 0.6) is 11.5 Å². The number of benzene rings is 1. The fourth-order valence-electron chi connectivity index (χ4n) is 3.28. The van der Waals surface area contributed by atoms with Crippen molar-refractivity contribution >= 4 is 41.7 Å². The molecule has 1 aliphatic heterocycles. The van der Waals surface area contributed by atoms with Crippen LogP contribution >= 0.6 is 24.0 Å². The molecule has 1 amide bonds. The Morgan fingerprint density at radius 2 is 1.94 bits per heavy atom. The van der Waals surface area contributed by atoms with Gasteiger partial charge >= 0.3 is 6.09 Å². The molecule has 0 aromatic heterocycles. The smallest absolute Gasteiger partial charge is 0.410 e. The zero-order valence-corrected chi connectivity index (χ0v) is 21.8. The van der Waals surface area contributed by atoms with Gasteiger partial charge in [-0.3, -0.25) is 4.99 Å². The van der Waals surface area contributed by atoms with Crippen molar-refractivity contribution < 1.29 is 19.0 Å². The topological polar surface area (TPSA) is 84.4 Å². The molecule has 2 rings (SSSR count). The molecule has 2 N–H and O–H groups in total. The first-order valence-corrected chi connectivity index (χ1v) is 10.5. The van der Waals surface area contributed by atoms with Gasteiger partial charge in [0.05, 0.1) is 14.2 Å². The maximum Gasteiger partial charge on any atom is 0.410 e. The second-order valence-corrected chi connectivity index (χ2v) is 8.35. The second-order valence-electron chi connectivity index (χ2n) is 8.35. The van der Waals surface area contributed by atoms with Crippen molar-refractivity contribution in [3.8, 4) is 11.5 Å². The molecule has 1 saturated heterocycles. The van der Waals surface area contributed by atoms with E-state index in [1.807, 2.05) is 45.9 Å². The number of rotatable bonds is 6. The number of methoxy groups -OCH3 is 2. The number of carbonyl (C=O) groups is 1. The maximum atomic E-state index is 12.4. The minimum atomic E-state index is -0.482. The molecule has 1 heterocycles. The highest BCUT2D eigenvalue weighted by atomic mass is 127. The summed E-state index contributed by atoms with van der Waals surface area (Å²) in [4.78, 5) is 18.9. The summed E-state index contributed by atoms with van der Waals surface area (Å²) in [6.07, 6.45) is 1.75. The molecule has 8 nitrogen and oxygen atoms in total. The number of nitrogens with one attached hydrogen (secondary N) is 2. The maximum absolute atomic E-state index is 12.4. The lowest BCUT2D eigenvalue weighted by Gasteiger charge is -2.33. The summed E-state index contributed by atoms with van der Waals surface area (Å²) in [5.41, 5.74) is 0.371. The Labute approximate surface area is 203 Å². The third-order valence-electron chi connectivity index (χ3n) is 4.67. The molecular weight excluding hydrogens is 511 g/mol. The highest BCUT2D eigenvalue weighted by Gasteiger charge is 2.27. The average molecular weight is 548 g/mol. The number of hydrogen-bond acceptors (Lipinski definition) is 5. The minimum Gasteiger partial charge on any atom is -0.493 e.